The minimum absolute atomic E-state index is 0.0189. The number of amides is 1. The zero-order valence-corrected chi connectivity index (χ0v) is 10.6. The molecular weight excluding hydrogens is 290 g/mol. The van der Waals surface area contributed by atoms with Gasteiger partial charge >= 0.3 is 5.97 Å². The molecule has 0 saturated carbocycles. The molecule has 92 valence electrons. The number of rotatable bonds is 3. The normalized spacial score (nSPS) is 17.2. The number of carboxylic acids is 1. The number of aliphatic carboxylic acids is 1. The van der Waals surface area contributed by atoms with Crippen molar-refractivity contribution in [2.45, 2.75) is 10.6 Å². The van der Waals surface area contributed by atoms with E-state index in [4.69, 9.17) is 16.7 Å². The molecule has 0 radical (unpaired) electrons. The summed E-state index contributed by atoms with van der Waals surface area (Å²) < 4.78 is 24.4. The number of carbonyl (C=O) groups excluding carboxylic acids is 1. The van der Waals surface area contributed by atoms with Crippen LogP contribution in [0.2, 0.25) is 4.34 Å². The van der Waals surface area contributed by atoms with Crippen LogP contribution < -0.4 is 0 Å². The SMILES string of the molecule is O=C(O)CCN1C(=O)c2cc(Cl)sc2S1(=O)=O. The van der Waals surface area contributed by atoms with Crippen LogP contribution in [0.4, 0.5) is 0 Å². The Morgan fingerprint density at radius 2 is 2.18 bits per heavy atom. The molecule has 0 aliphatic carbocycles. The number of hydrogen-bond acceptors (Lipinski definition) is 5. The van der Waals surface area contributed by atoms with Gasteiger partial charge in [0.25, 0.3) is 15.9 Å². The maximum absolute atomic E-state index is 11.9. The topological polar surface area (TPSA) is 91.8 Å². The molecule has 0 unspecified atom stereocenters. The quantitative estimate of drug-likeness (QED) is 0.899. The Hall–Kier alpha value is -1.12. The maximum Gasteiger partial charge on any atom is 0.305 e. The number of thiophene rings is 1. The highest BCUT2D eigenvalue weighted by Gasteiger charge is 2.43. The van der Waals surface area contributed by atoms with E-state index in [2.05, 4.69) is 0 Å². The Balaban J connectivity index is 2.38. The average molecular weight is 296 g/mol. The Morgan fingerprint density at radius 3 is 2.71 bits per heavy atom. The Morgan fingerprint density at radius 1 is 1.53 bits per heavy atom. The largest absolute Gasteiger partial charge is 0.481 e. The van der Waals surface area contributed by atoms with Crippen LogP contribution in [-0.4, -0.2) is 36.3 Å². The van der Waals surface area contributed by atoms with Crippen molar-refractivity contribution in [1.29, 1.82) is 0 Å². The zero-order chi connectivity index (χ0) is 12.8. The van der Waals surface area contributed by atoms with Crippen molar-refractivity contribution in [1.82, 2.24) is 4.31 Å². The highest BCUT2D eigenvalue weighted by atomic mass is 35.5. The van der Waals surface area contributed by atoms with Gasteiger partial charge < -0.3 is 5.11 Å². The molecule has 1 aliphatic heterocycles. The number of carbonyl (C=O) groups is 2. The molecule has 1 amide bonds. The van der Waals surface area contributed by atoms with E-state index >= 15 is 0 Å². The first-order chi connectivity index (χ1) is 7.84. The van der Waals surface area contributed by atoms with Crippen LogP contribution in [0.15, 0.2) is 10.3 Å². The molecule has 0 spiro atoms. The maximum atomic E-state index is 11.9. The summed E-state index contributed by atoms with van der Waals surface area (Å²) in [4.78, 5) is 22.1. The summed E-state index contributed by atoms with van der Waals surface area (Å²) in [5.41, 5.74) is 0.0189. The summed E-state index contributed by atoms with van der Waals surface area (Å²) >= 11 is 6.43. The third-order valence-electron chi connectivity index (χ3n) is 2.18. The van der Waals surface area contributed by atoms with Crippen LogP contribution in [0.25, 0.3) is 0 Å². The van der Waals surface area contributed by atoms with Crippen molar-refractivity contribution < 1.29 is 23.1 Å². The molecular formula is C8H6ClNO5S2. The van der Waals surface area contributed by atoms with Crippen molar-refractivity contribution in [2.75, 3.05) is 6.54 Å². The highest BCUT2D eigenvalue weighted by Crippen LogP contribution is 2.38. The van der Waals surface area contributed by atoms with Gasteiger partial charge in [-0.3, -0.25) is 9.59 Å². The fourth-order valence-corrected chi connectivity index (χ4v) is 4.77. The number of nitrogens with zero attached hydrogens (tertiary/aromatic N) is 1. The molecule has 17 heavy (non-hydrogen) atoms. The van der Waals surface area contributed by atoms with Crippen LogP contribution in [0.5, 0.6) is 0 Å². The van der Waals surface area contributed by atoms with Crippen LogP contribution in [0.1, 0.15) is 16.8 Å². The molecule has 1 aliphatic rings. The zero-order valence-electron chi connectivity index (χ0n) is 8.21. The third kappa shape index (κ3) is 1.92. The smallest absolute Gasteiger partial charge is 0.305 e. The standard InChI is InChI=1S/C8H6ClNO5S2/c9-5-3-4-7(13)10(2-1-6(11)12)17(14,15)8(4)16-5/h3H,1-2H2,(H,11,12). The molecule has 9 heteroatoms. The molecule has 2 heterocycles. The van der Waals surface area contributed by atoms with Crippen molar-refractivity contribution in [3.63, 3.8) is 0 Å². The van der Waals surface area contributed by atoms with E-state index in [1.165, 1.54) is 6.07 Å². The summed E-state index contributed by atoms with van der Waals surface area (Å²) in [5, 5.41) is 8.49. The van der Waals surface area contributed by atoms with Crippen LogP contribution >= 0.6 is 22.9 Å². The minimum atomic E-state index is -3.92. The number of fused-ring (bicyclic) bond motifs is 1. The number of halogens is 1. The number of hydrogen-bond donors (Lipinski definition) is 1. The third-order valence-corrected chi connectivity index (χ3v) is 5.74. The average Bonchev–Trinajstić information content (AvgIpc) is 2.65. The lowest BCUT2D eigenvalue weighted by atomic mass is 10.3. The monoisotopic (exact) mass is 295 g/mol. The van der Waals surface area contributed by atoms with Crippen molar-refractivity contribution in [2.24, 2.45) is 0 Å². The van der Waals surface area contributed by atoms with Crippen molar-refractivity contribution in [3.8, 4) is 0 Å². The second-order valence-corrected chi connectivity index (χ2v) is 7.02. The first kappa shape index (κ1) is 12.3. The molecule has 0 bridgehead atoms. The second kappa shape index (κ2) is 3.97. The molecule has 1 aromatic heterocycles. The summed E-state index contributed by atoms with van der Waals surface area (Å²) in [7, 11) is -3.92. The molecule has 1 N–H and O–H groups in total. The Bertz CT molecular complexity index is 605. The summed E-state index contributed by atoms with van der Waals surface area (Å²) in [6, 6.07) is 1.28. The van der Waals surface area contributed by atoms with Gasteiger partial charge in [0.15, 0.2) is 4.21 Å². The van der Waals surface area contributed by atoms with E-state index in [-0.39, 0.29) is 20.7 Å². The number of sulfonamides is 1. The molecule has 1 aromatic rings. The minimum Gasteiger partial charge on any atom is -0.481 e. The summed E-state index contributed by atoms with van der Waals surface area (Å²) in [6.07, 6.45) is -0.423. The van der Waals surface area contributed by atoms with E-state index in [1.807, 2.05) is 0 Å². The van der Waals surface area contributed by atoms with Crippen molar-refractivity contribution in [3.05, 3.63) is 16.0 Å². The lowest BCUT2D eigenvalue weighted by Gasteiger charge is -2.13. The lowest BCUT2D eigenvalue weighted by Crippen LogP contribution is -2.32. The van der Waals surface area contributed by atoms with Gasteiger partial charge in [-0.15, -0.1) is 11.3 Å². The van der Waals surface area contributed by atoms with Crippen LogP contribution in [0.3, 0.4) is 0 Å². The lowest BCUT2D eigenvalue weighted by molar-refractivity contribution is -0.137. The molecule has 6 nitrogen and oxygen atoms in total. The molecule has 2 rings (SSSR count). The van der Waals surface area contributed by atoms with Crippen molar-refractivity contribution >= 4 is 44.8 Å². The van der Waals surface area contributed by atoms with E-state index in [1.54, 1.807) is 0 Å². The van der Waals surface area contributed by atoms with Crippen LogP contribution in [-0.2, 0) is 14.8 Å². The van der Waals surface area contributed by atoms with E-state index in [0.29, 0.717) is 4.31 Å². The summed E-state index contributed by atoms with van der Waals surface area (Å²) in [5.74, 6) is -1.88. The highest BCUT2D eigenvalue weighted by molar-refractivity contribution is 7.92. The van der Waals surface area contributed by atoms with Gasteiger partial charge in [0.2, 0.25) is 0 Å². The van der Waals surface area contributed by atoms with Gasteiger partial charge in [-0.2, -0.15) is 0 Å². The fourth-order valence-electron chi connectivity index (χ4n) is 1.45. The molecule has 0 atom stereocenters. The van der Waals surface area contributed by atoms with Gasteiger partial charge in [0.05, 0.1) is 16.3 Å². The molecule has 0 aromatic carbocycles. The predicted molar refractivity (Wildman–Crippen MR) is 59.8 cm³/mol. The fraction of sp³-hybridized carbons (Fsp3) is 0.250. The molecule has 0 saturated heterocycles. The van der Waals surface area contributed by atoms with Gasteiger partial charge in [-0.1, -0.05) is 11.6 Å². The van der Waals surface area contributed by atoms with Gasteiger partial charge in [-0.05, 0) is 6.07 Å². The van der Waals surface area contributed by atoms with Gasteiger partial charge in [0.1, 0.15) is 0 Å². The second-order valence-electron chi connectivity index (χ2n) is 3.28. The first-order valence-electron chi connectivity index (χ1n) is 4.42. The predicted octanol–water partition coefficient (Wildman–Crippen LogP) is 1.02. The van der Waals surface area contributed by atoms with Crippen LogP contribution in [0, 0.1) is 0 Å². The van der Waals surface area contributed by atoms with E-state index in [0.717, 1.165) is 11.3 Å². The van der Waals surface area contributed by atoms with Gasteiger partial charge in [-0.25, -0.2) is 12.7 Å². The van der Waals surface area contributed by atoms with Gasteiger partial charge in [0, 0.05) is 6.54 Å². The number of carboxylic acid groups (broad SMARTS) is 1. The first-order valence-corrected chi connectivity index (χ1v) is 7.05. The summed E-state index contributed by atoms with van der Waals surface area (Å²) in [6.45, 7) is -0.366. The van der Waals surface area contributed by atoms with E-state index in [9.17, 15) is 18.0 Å². The molecule has 0 fully saturated rings. The Kier molecular flexibility index (Phi) is 2.88. The Labute approximate surface area is 105 Å². The van der Waals surface area contributed by atoms with E-state index < -0.39 is 28.3 Å².